The normalized spacial score (nSPS) is 12.4. The van der Waals surface area contributed by atoms with Crippen LogP contribution in [-0.2, 0) is 3.12 Å². The molecule has 5 aromatic rings. The zero-order valence-corrected chi connectivity index (χ0v) is 25.4. The molecule has 196 valence electrons. The van der Waals surface area contributed by atoms with Crippen molar-refractivity contribution in [3.8, 4) is 0 Å². The average Bonchev–Trinajstić information content (AvgIpc) is 2.96. The van der Waals surface area contributed by atoms with Crippen LogP contribution in [0.4, 0.5) is 0 Å². The van der Waals surface area contributed by atoms with E-state index in [-0.39, 0.29) is 5.91 Å². The molecule has 0 fully saturated rings. The Hall–Kier alpha value is -3.65. The third-order valence-corrected chi connectivity index (χ3v) is 23.4. The molecule has 0 radical (unpaired) electrons. The Morgan fingerprint density at radius 1 is 0.487 bits per heavy atom. The van der Waals surface area contributed by atoms with Gasteiger partial charge < -0.3 is 0 Å². The maximum atomic E-state index is 13.6. The first-order valence-corrected chi connectivity index (χ1v) is 19.3. The number of hydroxylamine groups is 1. The molecule has 0 saturated heterocycles. The predicted molar refractivity (Wildman–Crippen MR) is 164 cm³/mol. The minimum atomic E-state index is -5.22. The summed E-state index contributed by atoms with van der Waals surface area (Å²) < 4.78 is 11.6. The first-order chi connectivity index (χ1) is 18.8. The summed E-state index contributed by atoms with van der Waals surface area (Å²) in [6, 6.07) is 43.8. The first kappa shape index (κ1) is 26.9. The summed E-state index contributed by atoms with van der Waals surface area (Å²) in [5.74, 6) is -0.271. The standard InChI is InChI=1S/C7H6NO2.4C7H7.Sb/c9-7(8-10)6-4-2-1-3-5-6;4*1-7-5-3-2-4-6-7;/h1-5H,(H-,8,9,10);4*3-6H,1H3;/q-1;;;;;+1. The number of carbonyl (C=O) groups excluding carboxylic acids is 1. The van der Waals surface area contributed by atoms with Gasteiger partial charge in [0.15, 0.2) is 0 Å². The van der Waals surface area contributed by atoms with Crippen LogP contribution in [0.2, 0.25) is 0 Å². The molecule has 0 aliphatic heterocycles. The van der Waals surface area contributed by atoms with Crippen LogP contribution in [0.15, 0.2) is 127 Å². The Bertz CT molecular complexity index is 1380. The summed E-state index contributed by atoms with van der Waals surface area (Å²) in [4.78, 5) is 13.6. The molecule has 4 heteroatoms. The monoisotopic (exact) mass is 621 g/mol. The zero-order valence-electron chi connectivity index (χ0n) is 22.9. The molecule has 0 bridgehead atoms. The summed E-state index contributed by atoms with van der Waals surface area (Å²) >= 11 is -5.22. The third kappa shape index (κ3) is 4.71. The third-order valence-electron chi connectivity index (χ3n) is 7.46. The number of nitrogens with one attached hydrogen (secondary N) is 1. The molecule has 5 rings (SSSR count). The first-order valence-electron chi connectivity index (χ1n) is 13.2. The molecule has 0 heterocycles. The topological polar surface area (TPSA) is 38.3 Å². The molecule has 0 spiro atoms. The summed E-state index contributed by atoms with van der Waals surface area (Å²) in [6.45, 7) is 8.37. The quantitative estimate of drug-likeness (QED) is 0.203. The van der Waals surface area contributed by atoms with Crippen LogP contribution in [0.25, 0.3) is 0 Å². The van der Waals surface area contributed by atoms with Crippen LogP contribution in [0.1, 0.15) is 32.6 Å². The van der Waals surface area contributed by atoms with Gasteiger partial charge in [-0.25, -0.2) is 0 Å². The summed E-state index contributed by atoms with van der Waals surface area (Å²) in [5.41, 5.74) is 8.19. The van der Waals surface area contributed by atoms with Crippen molar-refractivity contribution in [3.05, 3.63) is 155 Å². The van der Waals surface area contributed by atoms with Gasteiger partial charge in [-0.1, -0.05) is 0 Å². The molecule has 1 N–H and O–H groups in total. The molecule has 0 aliphatic rings. The predicted octanol–water partition coefficient (Wildman–Crippen LogP) is 5.11. The van der Waals surface area contributed by atoms with Crippen molar-refractivity contribution >= 4 is 37.8 Å². The number of rotatable bonds is 7. The van der Waals surface area contributed by atoms with Gasteiger partial charge in [0.1, 0.15) is 0 Å². The van der Waals surface area contributed by atoms with Crippen molar-refractivity contribution in [2.45, 2.75) is 27.7 Å². The average molecular weight is 622 g/mol. The van der Waals surface area contributed by atoms with Gasteiger partial charge in [-0.3, -0.25) is 0 Å². The number of carbonyl (C=O) groups is 1. The molecular formula is C35H34NO2Sb. The van der Waals surface area contributed by atoms with Crippen molar-refractivity contribution < 1.29 is 7.91 Å². The van der Waals surface area contributed by atoms with E-state index in [2.05, 4.69) is 130 Å². The number of benzene rings is 5. The van der Waals surface area contributed by atoms with Gasteiger partial charge in [0, 0.05) is 0 Å². The van der Waals surface area contributed by atoms with Crippen molar-refractivity contribution in [1.29, 1.82) is 0 Å². The van der Waals surface area contributed by atoms with Gasteiger partial charge >= 0.3 is 234 Å². The van der Waals surface area contributed by atoms with E-state index in [9.17, 15) is 4.79 Å². The van der Waals surface area contributed by atoms with E-state index in [1.807, 2.05) is 18.2 Å². The summed E-state index contributed by atoms with van der Waals surface area (Å²) in [5, 5.41) is 0. The van der Waals surface area contributed by atoms with Gasteiger partial charge in [-0.15, -0.1) is 0 Å². The molecule has 0 saturated carbocycles. The van der Waals surface area contributed by atoms with Crippen LogP contribution in [0.5, 0.6) is 0 Å². The SMILES string of the molecule is Cc1cc[c]([Sb]([O]NC(=O)c2ccccc2)([c]2ccc(C)cc2)([c]2ccc(C)cc2)[c]2ccc(C)cc2)cc1. The van der Waals surface area contributed by atoms with Gasteiger partial charge in [0.2, 0.25) is 0 Å². The van der Waals surface area contributed by atoms with Crippen LogP contribution in [-0.4, -0.2) is 23.7 Å². The molecule has 5 aromatic carbocycles. The van der Waals surface area contributed by atoms with E-state index in [1.54, 1.807) is 12.1 Å². The van der Waals surface area contributed by atoms with E-state index in [0.717, 1.165) is 36.3 Å². The van der Waals surface area contributed by atoms with Crippen LogP contribution in [0, 0.1) is 27.7 Å². The molecule has 0 atom stereocenters. The fourth-order valence-corrected chi connectivity index (χ4v) is 20.5. The Kier molecular flexibility index (Phi) is 7.49. The fourth-order valence-electron chi connectivity index (χ4n) is 5.20. The van der Waals surface area contributed by atoms with E-state index in [1.165, 1.54) is 0 Å². The molecular weight excluding hydrogens is 588 g/mol. The van der Waals surface area contributed by atoms with Crippen LogP contribution in [0.3, 0.4) is 0 Å². The van der Waals surface area contributed by atoms with E-state index >= 15 is 0 Å². The zero-order chi connectivity index (χ0) is 27.5. The Balaban J connectivity index is 1.92. The second kappa shape index (κ2) is 10.8. The number of amides is 1. The van der Waals surface area contributed by atoms with Gasteiger partial charge in [0.05, 0.1) is 0 Å². The molecule has 3 nitrogen and oxygen atoms in total. The fraction of sp³-hybridized carbons (Fsp3) is 0.114. The van der Waals surface area contributed by atoms with Gasteiger partial charge in [-0.05, 0) is 0 Å². The van der Waals surface area contributed by atoms with E-state index in [4.69, 9.17) is 3.12 Å². The van der Waals surface area contributed by atoms with Gasteiger partial charge in [0.25, 0.3) is 0 Å². The number of aryl methyl sites for hydroxylation is 4. The number of hydrogen-bond acceptors (Lipinski definition) is 2. The molecule has 0 unspecified atom stereocenters. The van der Waals surface area contributed by atoms with Crippen molar-refractivity contribution in [2.24, 2.45) is 0 Å². The Morgan fingerprint density at radius 2 is 0.795 bits per heavy atom. The molecule has 1 amide bonds. The number of hydrogen-bond donors (Lipinski definition) is 1. The summed E-state index contributed by atoms with van der Waals surface area (Å²) in [7, 11) is 0. The van der Waals surface area contributed by atoms with Crippen LogP contribution >= 0.6 is 0 Å². The minimum absolute atomic E-state index is 0.271. The molecule has 0 aromatic heterocycles. The van der Waals surface area contributed by atoms with E-state index < -0.39 is 17.8 Å². The van der Waals surface area contributed by atoms with Crippen LogP contribution < -0.4 is 19.5 Å². The van der Waals surface area contributed by atoms with Crippen molar-refractivity contribution in [2.75, 3.05) is 0 Å². The second-order valence-electron chi connectivity index (χ2n) is 10.3. The molecule has 39 heavy (non-hydrogen) atoms. The Morgan fingerprint density at radius 3 is 1.10 bits per heavy atom. The maximum absolute atomic E-state index is 13.6. The van der Waals surface area contributed by atoms with Gasteiger partial charge in [-0.2, -0.15) is 0 Å². The molecule has 0 aliphatic carbocycles. The second-order valence-corrected chi connectivity index (χ2v) is 22.6. The van der Waals surface area contributed by atoms with Crippen molar-refractivity contribution in [1.82, 2.24) is 5.48 Å². The van der Waals surface area contributed by atoms with E-state index in [0.29, 0.717) is 5.56 Å². The Labute approximate surface area is 233 Å². The van der Waals surface area contributed by atoms with Crippen molar-refractivity contribution in [3.63, 3.8) is 0 Å². The summed E-state index contributed by atoms with van der Waals surface area (Å²) in [6.07, 6.45) is 0.